The molecule has 0 atom stereocenters. The predicted molar refractivity (Wildman–Crippen MR) is 82.2 cm³/mol. The topological polar surface area (TPSA) is 33.0 Å². The van der Waals surface area contributed by atoms with Gasteiger partial charge in [0.05, 0.1) is 6.07 Å². The molecule has 2 rings (SSSR count). The van der Waals surface area contributed by atoms with Gasteiger partial charge >= 0.3 is 0 Å². The molecule has 0 N–H and O–H groups in total. The van der Waals surface area contributed by atoms with Crippen molar-refractivity contribution in [2.75, 3.05) is 13.2 Å². The van der Waals surface area contributed by atoms with E-state index in [0.717, 1.165) is 43.8 Å². The summed E-state index contributed by atoms with van der Waals surface area (Å²) >= 11 is 0. The molecule has 0 aromatic carbocycles. The minimum atomic E-state index is 0.356. The Bertz CT molecular complexity index is 293. The van der Waals surface area contributed by atoms with Crippen molar-refractivity contribution in [2.24, 2.45) is 23.7 Å². The summed E-state index contributed by atoms with van der Waals surface area (Å²) in [4.78, 5) is 0. The largest absolute Gasteiger partial charge is 0.381 e. The van der Waals surface area contributed by atoms with Gasteiger partial charge in [-0.2, -0.15) is 5.26 Å². The first-order valence-electron chi connectivity index (χ1n) is 8.80. The molecule has 2 nitrogen and oxygen atoms in total. The summed E-state index contributed by atoms with van der Waals surface area (Å²) in [7, 11) is 0. The van der Waals surface area contributed by atoms with Gasteiger partial charge in [-0.1, -0.05) is 13.3 Å². The first-order valence-corrected chi connectivity index (χ1v) is 8.80. The lowest BCUT2D eigenvalue weighted by Gasteiger charge is -2.36. The summed E-state index contributed by atoms with van der Waals surface area (Å²) in [6.07, 6.45) is 12.9. The molecule has 114 valence electrons. The van der Waals surface area contributed by atoms with Crippen LogP contribution in [-0.4, -0.2) is 13.2 Å². The number of nitrogens with zero attached hydrogens (tertiary/aromatic N) is 1. The standard InChI is InChI=1S/C18H31NO/c1-2-3-12-20-14-16-6-10-18(11-7-16)17-8-4-15(13-19)5-9-17/h15-18H,2-12,14H2,1H3/t15-,16?,17-,18?. The van der Waals surface area contributed by atoms with E-state index in [1.165, 1.54) is 51.4 Å². The molecule has 0 heterocycles. The van der Waals surface area contributed by atoms with Crippen molar-refractivity contribution in [3.8, 4) is 6.07 Å². The van der Waals surface area contributed by atoms with Gasteiger partial charge in [0.15, 0.2) is 0 Å². The zero-order valence-electron chi connectivity index (χ0n) is 13.2. The van der Waals surface area contributed by atoms with Crippen LogP contribution in [0.1, 0.15) is 71.1 Å². The molecular weight excluding hydrogens is 246 g/mol. The maximum Gasteiger partial charge on any atom is 0.0655 e. The molecule has 0 unspecified atom stereocenters. The van der Waals surface area contributed by atoms with Crippen molar-refractivity contribution >= 4 is 0 Å². The van der Waals surface area contributed by atoms with Crippen molar-refractivity contribution < 1.29 is 4.74 Å². The molecule has 0 aliphatic heterocycles. The molecule has 0 saturated heterocycles. The fourth-order valence-electron chi connectivity index (χ4n) is 4.04. The highest BCUT2D eigenvalue weighted by Crippen LogP contribution is 2.41. The van der Waals surface area contributed by atoms with E-state index in [9.17, 15) is 0 Å². The van der Waals surface area contributed by atoms with E-state index in [0.29, 0.717) is 5.92 Å². The van der Waals surface area contributed by atoms with Crippen molar-refractivity contribution in [1.82, 2.24) is 0 Å². The second-order valence-electron chi connectivity index (χ2n) is 6.95. The molecule has 0 aromatic heterocycles. The van der Waals surface area contributed by atoms with Crippen LogP contribution in [0.15, 0.2) is 0 Å². The molecule has 0 bridgehead atoms. The SMILES string of the molecule is CCCCOCC1CCC([C@H]2CC[C@H](C#N)CC2)CC1. The van der Waals surface area contributed by atoms with E-state index in [1.807, 2.05) is 0 Å². The van der Waals surface area contributed by atoms with Crippen LogP contribution in [0.25, 0.3) is 0 Å². The Hall–Kier alpha value is -0.550. The summed E-state index contributed by atoms with van der Waals surface area (Å²) in [5, 5.41) is 8.98. The van der Waals surface area contributed by atoms with E-state index < -0.39 is 0 Å². The number of hydrogen-bond acceptors (Lipinski definition) is 2. The normalized spacial score (nSPS) is 34.6. The van der Waals surface area contributed by atoms with Gasteiger partial charge in [-0.05, 0) is 75.5 Å². The number of rotatable bonds is 6. The molecule has 2 fully saturated rings. The molecule has 2 aliphatic rings. The Balaban J connectivity index is 1.61. The Labute approximate surface area is 124 Å². The van der Waals surface area contributed by atoms with Crippen LogP contribution in [0.5, 0.6) is 0 Å². The van der Waals surface area contributed by atoms with Gasteiger partial charge in [-0.15, -0.1) is 0 Å². The Kier molecular flexibility index (Phi) is 6.87. The number of ether oxygens (including phenoxy) is 1. The minimum absolute atomic E-state index is 0.356. The molecule has 0 radical (unpaired) electrons. The quantitative estimate of drug-likeness (QED) is 0.644. The minimum Gasteiger partial charge on any atom is -0.381 e. The van der Waals surface area contributed by atoms with Gasteiger partial charge in [-0.25, -0.2) is 0 Å². The fraction of sp³-hybridized carbons (Fsp3) is 0.944. The van der Waals surface area contributed by atoms with Crippen LogP contribution < -0.4 is 0 Å². The second kappa shape index (κ2) is 8.67. The third-order valence-corrected chi connectivity index (χ3v) is 5.51. The summed E-state index contributed by atoms with van der Waals surface area (Å²) in [6.45, 7) is 4.16. The Morgan fingerprint density at radius 3 is 2.10 bits per heavy atom. The Morgan fingerprint density at radius 2 is 1.55 bits per heavy atom. The van der Waals surface area contributed by atoms with E-state index in [2.05, 4.69) is 13.0 Å². The highest BCUT2D eigenvalue weighted by molar-refractivity contribution is 4.89. The van der Waals surface area contributed by atoms with E-state index in [-0.39, 0.29) is 0 Å². The van der Waals surface area contributed by atoms with Crippen LogP contribution in [0.4, 0.5) is 0 Å². The van der Waals surface area contributed by atoms with Crippen molar-refractivity contribution in [1.29, 1.82) is 5.26 Å². The monoisotopic (exact) mass is 277 g/mol. The maximum atomic E-state index is 8.98. The summed E-state index contributed by atoms with van der Waals surface area (Å²) < 4.78 is 5.79. The van der Waals surface area contributed by atoms with Crippen LogP contribution >= 0.6 is 0 Å². The average Bonchev–Trinajstić information content (AvgIpc) is 2.52. The predicted octanol–water partition coefficient (Wildman–Crippen LogP) is 4.94. The number of hydrogen-bond donors (Lipinski definition) is 0. The van der Waals surface area contributed by atoms with Crippen LogP contribution in [0.3, 0.4) is 0 Å². The van der Waals surface area contributed by atoms with Gasteiger partial charge < -0.3 is 4.74 Å². The lowest BCUT2D eigenvalue weighted by molar-refractivity contribution is 0.0646. The van der Waals surface area contributed by atoms with Crippen molar-refractivity contribution in [2.45, 2.75) is 71.1 Å². The zero-order chi connectivity index (χ0) is 14.2. The van der Waals surface area contributed by atoms with E-state index >= 15 is 0 Å². The fourth-order valence-corrected chi connectivity index (χ4v) is 4.04. The van der Waals surface area contributed by atoms with Gasteiger partial charge in [0, 0.05) is 19.1 Å². The van der Waals surface area contributed by atoms with Crippen LogP contribution in [0, 0.1) is 35.0 Å². The summed E-state index contributed by atoms with van der Waals surface area (Å²) in [5.74, 6) is 3.04. The number of nitriles is 1. The third kappa shape index (κ3) is 4.77. The lowest BCUT2D eigenvalue weighted by Crippen LogP contribution is -2.27. The molecule has 2 heteroatoms. The third-order valence-electron chi connectivity index (χ3n) is 5.51. The van der Waals surface area contributed by atoms with Crippen molar-refractivity contribution in [3.05, 3.63) is 0 Å². The summed E-state index contributed by atoms with van der Waals surface area (Å²) in [6, 6.07) is 2.45. The van der Waals surface area contributed by atoms with Gasteiger partial charge in [0.2, 0.25) is 0 Å². The van der Waals surface area contributed by atoms with Gasteiger partial charge in [0.1, 0.15) is 0 Å². The van der Waals surface area contributed by atoms with Crippen molar-refractivity contribution in [3.63, 3.8) is 0 Å². The molecule has 2 aliphatic carbocycles. The zero-order valence-corrected chi connectivity index (χ0v) is 13.2. The van der Waals surface area contributed by atoms with Crippen LogP contribution in [0.2, 0.25) is 0 Å². The van der Waals surface area contributed by atoms with Crippen LogP contribution in [-0.2, 0) is 4.74 Å². The second-order valence-corrected chi connectivity index (χ2v) is 6.95. The summed E-state index contributed by atoms with van der Waals surface area (Å²) in [5.41, 5.74) is 0. The van der Waals surface area contributed by atoms with Gasteiger partial charge in [0.25, 0.3) is 0 Å². The highest BCUT2D eigenvalue weighted by atomic mass is 16.5. The maximum absolute atomic E-state index is 8.98. The average molecular weight is 277 g/mol. The molecule has 0 spiro atoms. The smallest absolute Gasteiger partial charge is 0.0655 e. The molecule has 0 aromatic rings. The Morgan fingerprint density at radius 1 is 0.950 bits per heavy atom. The first-order chi connectivity index (χ1) is 9.83. The lowest BCUT2D eigenvalue weighted by atomic mass is 9.69. The number of unbranched alkanes of at least 4 members (excludes halogenated alkanes) is 1. The highest BCUT2D eigenvalue weighted by Gasteiger charge is 2.30. The first kappa shape index (κ1) is 15.8. The molecule has 20 heavy (non-hydrogen) atoms. The molecule has 2 saturated carbocycles. The van der Waals surface area contributed by atoms with E-state index in [4.69, 9.17) is 10.00 Å². The van der Waals surface area contributed by atoms with E-state index in [1.54, 1.807) is 0 Å². The molecular formula is C18H31NO. The van der Waals surface area contributed by atoms with Gasteiger partial charge in [-0.3, -0.25) is 0 Å². The molecule has 0 amide bonds.